The van der Waals surface area contributed by atoms with E-state index in [1.165, 1.54) is 11.3 Å². The van der Waals surface area contributed by atoms with Gasteiger partial charge in [-0.3, -0.25) is 0 Å². The van der Waals surface area contributed by atoms with Gasteiger partial charge >= 0.3 is 0 Å². The Kier molecular flexibility index (Phi) is 6.46. The molecule has 1 unspecified atom stereocenters. The molecular weight excluding hydrogens is 386 g/mol. The quantitative estimate of drug-likeness (QED) is 0.505. The molecule has 0 aliphatic carbocycles. The molecule has 1 aliphatic heterocycles. The average Bonchev–Trinajstić information content (AvgIpc) is 3.20. The van der Waals surface area contributed by atoms with Crippen LogP contribution in [0.5, 0.6) is 11.5 Å². The summed E-state index contributed by atoms with van der Waals surface area (Å²) in [4.78, 5) is 5.50. The van der Waals surface area contributed by atoms with Crippen molar-refractivity contribution in [1.82, 2.24) is 10.6 Å². The summed E-state index contributed by atoms with van der Waals surface area (Å²) in [5.74, 6) is 1.87. The molecule has 1 atom stereocenters. The maximum atomic E-state index is 10.7. The number of nitrogens with one attached hydrogen (secondary N) is 2. The summed E-state index contributed by atoms with van der Waals surface area (Å²) >= 11 is 7.81. The van der Waals surface area contributed by atoms with E-state index in [-0.39, 0.29) is 0 Å². The molecule has 1 aromatic heterocycles. The van der Waals surface area contributed by atoms with Gasteiger partial charge in [0.15, 0.2) is 17.5 Å². The zero-order valence-electron chi connectivity index (χ0n) is 15.4. The lowest BCUT2D eigenvalue weighted by molar-refractivity contribution is 0.0655. The summed E-state index contributed by atoms with van der Waals surface area (Å²) < 4.78 is 11.2. The van der Waals surface area contributed by atoms with Crippen LogP contribution in [0.15, 0.2) is 34.6 Å². The molecule has 0 radical (unpaired) electrons. The molecule has 0 fully saturated rings. The largest absolute Gasteiger partial charge is 0.486 e. The van der Waals surface area contributed by atoms with Crippen molar-refractivity contribution >= 4 is 28.9 Å². The van der Waals surface area contributed by atoms with E-state index in [0.717, 1.165) is 17.0 Å². The standard InChI is InChI=1S/C19H24ClN3O3S/c1-3-21-18(23-12-19(2,24)16-5-4-8-27-16)22-11-13-9-14(20)17-15(10-13)25-6-7-26-17/h4-5,8-10,24H,3,6-7,11-12H2,1-2H3,(H2,21,22,23). The van der Waals surface area contributed by atoms with E-state index in [9.17, 15) is 5.11 Å². The Bertz CT molecular complexity index is 794. The normalized spacial score (nSPS) is 15.9. The Labute approximate surface area is 168 Å². The van der Waals surface area contributed by atoms with Gasteiger partial charge in [0.05, 0.1) is 18.1 Å². The molecule has 146 valence electrons. The first-order chi connectivity index (χ1) is 13.0. The predicted molar refractivity (Wildman–Crippen MR) is 109 cm³/mol. The van der Waals surface area contributed by atoms with Crippen molar-refractivity contribution in [3.63, 3.8) is 0 Å². The van der Waals surface area contributed by atoms with Gasteiger partial charge in [-0.25, -0.2) is 4.99 Å². The number of guanidine groups is 1. The maximum Gasteiger partial charge on any atom is 0.191 e. The fourth-order valence-electron chi connectivity index (χ4n) is 2.70. The Morgan fingerprint density at radius 1 is 1.33 bits per heavy atom. The number of aliphatic imine (C=N–C) groups is 1. The van der Waals surface area contributed by atoms with Crippen molar-refractivity contribution in [2.75, 3.05) is 26.3 Å². The van der Waals surface area contributed by atoms with Crippen LogP contribution < -0.4 is 20.1 Å². The highest BCUT2D eigenvalue weighted by Gasteiger charge is 2.24. The molecule has 3 N–H and O–H groups in total. The monoisotopic (exact) mass is 409 g/mol. The van der Waals surface area contributed by atoms with Crippen LogP contribution in [0.3, 0.4) is 0 Å². The zero-order valence-corrected chi connectivity index (χ0v) is 17.0. The van der Waals surface area contributed by atoms with Gasteiger partial charge in [-0.15, -0.1) is 11.3 Å². The minimum atomic E-state index is -0.968. The third-order valence-corrected chi connectivity index (χ3v) is 5.48. The number of ether oxygens (including phenoxy) is 2. The fourth-order valence-corrected chi connectivity index (χ4v) is 3.77. The lowest BCUT2D eigenvalue weighted by Gasteiger charge is -2.24. The van der Waals surface area contributed by atoms with Crippen LogP contribution in [0.1, 0.15) is 24.3 Å². The van der Waals surface area contributed by atoms with Crippen LogP contribution in [0.25, 0.3) is 0 Å². The van der Waals surface area contributed by atoms with Crippen LogP contribution in [0, 0.1) is 0 Å². The molecule has 0 saturated carbocycles. The Morgan fingerprint density at radius 2 is 2.15 bits per heavy atom. The summed E-state index contributed by atoms with van der Waals surface area (Å²) in [7, 11) is 0. The molecule has 3 rings (SSSR count). The smallest absolute Gasteiger partial charge is 0.191 e. The van der Waals surface area contributed by atoms with E-state index in [2.05, 4.69) is 15.6 Å². The number of halogens is 1. The van der Waals surface area contributed by atoms with Crippen LogP contribution in [0.2, 0.25) is 5.02 Å². The molecule has 27 heavy (non-hydrogen) atoms. The lowest BCUT2D eigenvalue weighted by Crippen LogP contribution is -2.44. The van der Waals surface area contributed by atoms with E-state index in [4.69, 9.17) is 21.1 Å². The van der Waals surface area contributed by atoms with E-state index in [1.54, 1.807) is 6.92 Å². The van der Waals surface area contributed by atoms with Crippen LogP contribution in [0.4, 0.5) is 0 Å². The zero-order chi connectivity index (χ0) is 19.3. The van der Waals surface area contributed by atoms with Gasteiger partial charge in [-0.05, 0) is 43.0 Å². The minimum absolute atomic E-state index is 0.348. The minimum Gasteiger partial charge on any atom is -0.486 e. The molecule has 6 nitrogen and oxygen atoms in total. The molecule has 8 heteroatoms. The second-order valence-corrected chi connectivity index (χ2v) is 7.76. The number of thiophene rings is 1. The topological polar surface area (TPSA) is 75.1 Å². The molecule has 1 aromatic carbocycles. The summed E-state index contributed by atoms with van der Waals surface area (Å²) in [5, 5.41) is 19.5. The van der Waals surface area contributed by atoms with Crippen molar-refractivity contribution in [1.29, 1.82) is 0 Å². The second-order valence-electron chi connectivity index (χ2n) is 6.40. The average molecular weight is 410 g/mol. The van der Waals surface area contributed by atoms with Crippen LogP contribution in [-0.4, -0.2) is 37.4 Å². The summed E-state index contributed by atoms with van der Waals surface area (Å²) in [6.07, 6.45) is 0. The highest BCUT2D eigenvalue weighted by Crippen LogP contribution is 2.38. The van der Waals surface area contributed by atoms with Gasteiger partial charge in [-0.2, -0.15) is 0 Å². The highest BCUT2D eigenvalue weighted by atomic mass is 35.5. The Hall–Kier alpha value is -1.96. The van der Waals surface area contributed by atoms with Crippen molar-refractivity contribution in [3.8, 4) is 11.5 Å². The molecule has 0 saturated heterocycles. The number of nitrogens with zero attached hydrogens (tertiary/aromatic N) is 1. The number of benzene rings is 1. The van der Waals surface area contributed by atoms with E-state index in [0.29, 0.717) is 48.8 Å². The Morgan fingerprint density at radius 3 is 2.89 bits per heavy atom. The van der Waals surface area contributed by atoms with E-state index >= 15 is 0 Å². The molecule has 1 aliphatic rings. The van der Waals surface area contributed by atoms with Gasteiger partial charge in [0, 0.05) is 11.4 Å². The number of fused-ring (bicyclic) bond motifs is 1. The number of hydrogen-bond donors (Lipinski definition) is 3. The molecular formula is C19H24ClN3O3S. The SMILES string of the molecule is CCNC(=NCc1cc(Cl)c2c(c1)OCCO2)NCC(C)(O)c1cccs1. The van der Waals surface area contributed by atoms with Crippen molar-refractivity contribution < 1.29 is 14.6 Å². The summed E-state index contributed by atoms with van der Waals surface area (Å²) in [6, 6.07) is 7.59. The molecule has 2 heterocycles. The molecule has 2 aromatic rings. The third kappa shape index (κ3) is 5.06. The number of rotatable bonds is 6. The molecule has 0 bridgehead atoms. The third-order valence-electron chi connectivity index (χ3n) is 4.07. The highest BCUT2D eigenvalue weighted by molar-refractivity contribution is 7.10. The van der Waals surface area contributed by atoms with Crippen molar-refractivity contribution in [3.05, 3.63) is 45.1 Å². The lowest BCUT2D eigenvalue weighted by atomic mass is 10.1. The van der Waals surface area contributed by atoms with Crippen molar-refractivity contribution in [2.24, 2.45) is 4.99 Å². The first kappa shape index (κ1) is 19.8. The van der Waals surface area contributed by atoms with Gasteiger partial charge in [0.2, 0.25) is 0 Å². The first-order valence-corrected chi connectivity index (χ1v) is 10.1. The van der Waals surface area contributed by atoms with Gasteiger partial charge in [0.25, 0.3) is 0 Å². The van der Waals surface area contributed by atoms with Crippen LogP contribution >= 0.6 is 22.9 Å². The molecule has 0 amide bonds. The van der Waals surface area contributed by atoms with Gasteiger partial charge in [-0.1, -0.05) is 17.7 Å². The summed E-state index contributed by atoms with van der Waals surface area (Å²) in [5.41, 5.74) is -0.0449. The first-order valence-electron chi connectivity index (χ1n) is 8.86. The number of hydrogen-bond acceptors (Lipinski definition) is 5. The van der Waals surface area contributed by atoms with Crippen molar-refractivity contribution in [2.45, 2.75) is 26.0 Å². The maximum absolute atomic E-state index is 10.7. The van der Waals surface area contributed by atoms with Gasteiger partial charge in [0.1, 0.15) is 18.8 Å². The number of aliphatic hydroxyl groups is 1. The van der Waals surface area contributed by atoms with Gasteiger partial charge < -0.3 is 25.2 Å². The Balaban J connectivity index is 1.68. The molecule has 0 spiro atoms. The van der Waals surface area contributed by atoms with E-state index in [1.807, 2.05) is 36.6 Å². The summed E-state index contributed by atoms with van der Waals surface area (Å²) in [6.45, 7) is 6.29. The predicted octanol–water partition coefficient (Wildman–Crippen LogP) is 3.14. The van der Waals surface area contributed by atoms with E-state index < -0.39 is 5.60 Å². The fraction of sp³-hybridized carbons (Fsp3) is 0.421. The second kappa shape index (κ2) is 8.82. The van der Waals surface area contributed by atoms with Crippen LogP contribution in [-0.2, 0) is 12.1 Å².